The zero-order chi connectivity index (χ0) is 19.0. The molecular weight excluding hydrogens is 344 g/mol. The number of amides is 1. The second-order valence-corrected chi connectivity index (χ2v) is 6.50. The van der Waals surface area contributed by atoms with Gasteiger partial charge in [-0.05, 0) is 36.6 Å². The zero-order valence-corrected chi connectivity index (χ0v) is 15.2. The topological polar surface area (TPSA) is 69.6 Å². The summed E-state index contributed by atoms with van der Waals surface area (Å²) in [5.74, 6) is 0.614. The smallest absolute Gasteiger partial charge is 0.261 e. The highest BCUT2D eigenvalue weighted by atomic mass is 16.5. The van der Waals surface area contributed by atoms with E-state index in [0.29, 0.717) is 22.6 Å². The molecule has 3 aromatic rings. The Morgan fingerprint density at radius 2 is 2.00 bits per heavy atom. The zero-order valence-electron chi connectivity index (χ0n) is 15.2. The number of aryl methyl sites for hydroxylation is 2. The molecule has 0 spiro atoms. The molecule has 6 nitrogen and oxygen atoms in total. The standard InChI is InChI=1S/C21H20N2O4/c1-26-14-8-9-18(27-2)17(11-14)22-21(25)16-12-23-10-4-6-13-5-3-7-15(19(13)23)20(16)24/h3,5,7-9,11-12H,4,6,10H2,1-2H3,(H,22,25). The van der Waals surface area contributed by atoms with E-state index in [-0.39, 0.29) is 11.0 Å². The summed E-state index contributed by atoms with van der Waals surface area (Å²) >= 11 is 0. The van der Waals surface area contributed by atoms with Crippen LogP contribution in [0.15, 0.2) is 47.4 Å². The molecule has 1 N–H and O–H groups in total. The van der Waals surface area contributed by atoms with E-state index in [9.17, 15) is 9.59 Å². The fraction of sp³-hybridized carbons (Fsp3) is 0.238. The summed E-state index contributed by atoms with van der Waals surface area (Å²) in [6.45, 7) is 0.788. The van der Waals surface area contributed by atoms with Crippen LogP contribution in [0.2, 0.25) is 0 Å². The van der Waals surface area contributed by atoms with Crippen molar-refractivity contribution < 1.29 is 14.3 Å². The fourth-order valence-electron chi connectivity index (χ4n) is 3.62. The van der Waals surface area contributed by atoms with Crippen LogP contribution in [0.4, 0.5) is 5.69 Å². The lowest BCUT2D eigenvalue weighted by Gasteiger charge is -2.20. The monoisotopic (exact) mass is 364 g/mol. The molecule has 1 aliphatic heterocycles. The highest BCUT2D eigenvalue weighted by Crippen LogP contribution is 2.29. The van der Waals surface area contributed by atoms with E-state index >= 15 is 0 Å². The fourth-order valence-corrected chi connectivity index (χ4v) is 3.62. The third kappa shape index (κ3) is 2.93. The van der Waals surface area contributed by atoms with Gasteiger partial charge in [-0.2, -0.15) is 0 Å². The molecule has 1 aromatic heterocycles. The first-order chi connectivity index (χ1) is 13.1. The van der Waals surface area contributed by atoms with Crippen LogP contribution in [-0.2, 0) is 13.0 Å². The van der Waals surface area contributed by atoms with E-state index in [1.54, 1.807) is 37.6 Å². The number of anilines is 1. The maximum absolute atomic E-state index is 13.0. The summed E-state index contributed by atoms with van der Waals surface area (Å²) in [7, 11) is 3.07. The Balaban J connectivity index is 1.79. The van der Waals surface area contributed by atoms with Crippen LogP contribution in [0, 0.1) is 0 Å². The van der Waals surface area contributed by atoms with E-state index in [4.69, 9.17) is 9.47 Å². The summed E-state index contributed by atoms with van der Waals surface area (Å²) < 4.78 is 12.5. The Morgan fingerprint density at radius 3 is 2.78 bits per heavy atom. The predicted molar refractivity (Wildman–Crippen MR) is 104 cm³/mol. The minimum atomic E-state index is -0.465. The average Bonchev–Trinajstić information content (AvgIpc) is 2.70. The minimum Gasteiger partial charge on any atom is -0.497 e. The number of nitrogens with one attached hydrogen (secondary N) is 1. The molecule has 0 fully saturated rings. The predicted octanol–water partition coefficient (Wildman–Crippen LogP) is 3.22. The molecule has 1 aliphatic rings. The van der Waals surface area contributed by atoms with Crippen molar-refractivity contribution in [3.05, 3.63) is 63.9 Å². The first kappa shape index (κ1) is 17.1. The molecule has 6 heteroatoms. The molecule has 0 aliphatic carbocycles. The molecular formula is C21H20N2O4. The molecule has 138 valence electrons. The van der Waals surface area contributed by atoms with Gasteiger partial charge in [-0.25, -0.2) is 0 Å². The lowest BCUT2D eigenvalue weighted by Crippen LogP contribution is -2.25. The number of rotatable bonds is 4. The third-order valence-electron chi connectivity index (χ3n) is 4.93. The second-order valence-electron chi connectivity index (χ2n) is 6.50. The van der Waals surface area contributed by atoms with Crippen molar-refractivity contribution in [3.63, 3.8) is 0 Å². The minimum absolute atomic E-state index is 0.117. The Bertz CT molecular complexity index is 1100. The maximum atomic E-state index is 13.0. The molecule has 0 bridgehead atoms. The molecule has 0 unspecified atom stereocenters. The van der Waals surface area contributed by atoms with Crippen LogP contribution in [0.5, 0.6) is 11.5 Å². The van der Waals surface area contributed by atoms with Gasteiger partial charge in [0.1, 0.15) is 17.1 Å². The van der Waals surface area contributed by atoms with Crippen molar-refractivity contribution >= 4 is 22.5 Å². The highest BCUT2D eigenvalue weighted by Gasteiger charge is 2.20. The summed E-state index contributed by atoms with van der Waals surface area (Å²) in [5, 5.41) is 3.37. The van der Waals surface area contributed by atoms with Gasteiger partial charge in [-0.15, -0.1) is 0 Å². The molecule has 4 rings (SSSR count). The number of ether oxygens (including phenoxy) is 2. The third-order valence-corrected chi connectivity index (χ3v) is 4.93. The number of aromatic nitrogens is 1. The Hall–Kier alpha value is -3.28. The summed E-state index contributed by atoms with van der Waals surface area (Å²) in [4.78, 5) is 25.8. The normalized spacial score (nSPS) is 12.7. The van der Waals surface area contributed by atoms with Crippen molar-refractivity contribution in [2.45, 2.75) is 19.4 Å². The number of pyridine rings is 1. The van der Waals surface area contributed by atoms with Crippen molar-refractivity contribution in [1.82, 2.24) is 4.57 Å². The summed E-state index contributed by atoms with van der Waals surface area (Å²) in [6, 6.07) is 10.8. The number of hydrogen-bond acceptors (Lipinski definition) is 4. The number of carbonyl (C=O) groups excluding carboxylic acids is 1. The van der Waals surface area contributed by atoms with E-state index in [0.717, 1.165) is 30.5 Å². The van der Waals surface area contributed by atoms with Crippen molar-refractivity contribution in [2.75, 3.05) is 19.5 Å². The summed E-state index contributed by atoms with van der Waals surface area (Å²) in [6.07, 6.45) is 3.60. The number of para-hydroxylation sites is 1. The molecule has 2 heterocycles. The average molecular weight is 364 g/mol. The van der Waals surface area contributed by atoms with E-state index in [1.165, 1.54) is 7.11 Å². The quantitative estimate of drug-likeness (QED) is 0.772. The van der Waals surface area contributed by atoms with Gasteiger partial charge < -0.3 is 19.4 Å². The molecule has 2 aromatic carbocycles. The van der Waals surface area contributed by atoms with Gasteiger partial charge in [0.05, 0.1) is 25.4 Å². The first-order valence-corrected chi connectivity index (χ1v) is 8.81. The van der Waals surface area contributed by atoms with Crippen molar-refractivity contribution in [3.8, 4) is 11.5 Å². The summed E-state index contributed by atoms with van der Waals surface area (Å²) in [5.41, 5.74) is 2.39. The highest BCUT2D eigenvalue weighted by molar-refractivity contribution is 6.06. The van der Waals surface area contributed by atoms with Crippen molar-refractivity contribution in [1.29, 1.82) is 0 Å². The Labute approximate surface area is 156 Å². The largest absolute Gasteiger partial charge is 0.497 e. The number of hydrogen-bond donors (Lipinski definition) is 1. The molecule has 0 radical (unpaired) electrons. The lowest BCUT2D eigenvalue weighted by atomic mass is 9.99. The number of carbonyl (C=O) groups is 1. The van der Waals surface area contributed by atoms with Gasteiger partial charge in [-0.1, -0.05) is 12.1 Å². The van der Waals surface area contributed by atoms with Crippen LogP contribution in [-0.4, -0.2) is 24.7 Å². The lowest BCUT2D eigenvalue weighted by molar-refractivity contribution is 0.102. The Morgan fingerprint density at radius 1 is 1.15 bits per heavy atom. The molecule has 0 saturated heterocycles. The number of methoxy groups -OCH3 is 2. The van der Waals surface area contributed by atoms with Crippen LogP contribution in [0.1, 0.15) is 22.3 Å². The van der Waals surface area contributed by atoms with Gasteiger partial charge in [0.2, 0.25) is 5.43 Å². The maximum Gasteiger partial charge on any atom is 0.261 e. The van der Waals surface area contributed by atoms with Gasteiger partial charge in [0.25, 0.3) is 5.91 Å². The molecule has 27 heavy (non-hydrogen) atoms. The van der Waals surface area contributed by atoms with Crippen molar-refractivity contribution in [2.24, 2.45) is 0 Å². The van der Waals surface area contributed by atoms with E-state index < -0.39 is 5.91 Å². The van der Waals surface area contributed by atoms with Crippen LogP contribution in [0.25, 0.3) is 10.9 Å². The van der Waals surface area contributed by atoms with Gasteiger partial charge in [-0.3, -0.25) is 9.59 Å². The van der Waals surface area contributed by atoms with Crippen LogP contribution >= 0.6 is 0 Å². The number of nitrogens with zero attached hydrogens (tertiary/aromatic N) is 1. The van der Waals surface area contributed by atoms with Gasteiger partial charge >= 0.3 is 0 Å². The Kier molecular flexibility index (Phi) is 4.32. The second kappa shape index (κ2) is 6.79. The van der Waals surface area contributed by atoms with Crippen LogP contribution in [0.3, 0.4) is 0 Å². The molecule has 0 atom stereocenters. The SMILES string of the molecule is COc1ccc(OC)c(NC(=O)c2cn3c4c(cccc4c2=O)CCC3)c1. The van der Waals surface area contributed by atoms with Crippen LogP contribution < -0.4 is 20.2 Å². The van der Waals surface area contributed by atoms with E-state index in [1.807, 2.05) is 16.7 Å². The number of benzene rings is 2. The molecule has 1 amide bonds. The first-order valence-electron chi connectivity index (χ1n) is 8.81. The molecule has 0 saturated carbocycles. The van der Waals surface area contributed by atoms with E-state index in [2.05, 4.69) is 5.32 Å². The van der Waals surface area contributed by atoms with Gasteiger partial charge in [0.15, 0.2) is 0 Å². The van der Waals surface area contributed by atoms with Gasteiger partial charge in [0, 0.05) is 24.2 Å².